The first kappa shape index (κ1) is 18.9. The van der Waals surface area contributed by atoms with E-state index in [9.17, 15) is 9.90 Å². The molecule has 140 valence electrons. The number of nitrogens with one attached hydrogen (secondary N) is 2. The largest absolute Gasteiger partial charge is 0.374 e. The van der Waals surface area contributed by atoms with E-state index < -0.39 is 6.23 Å². The van der Waals surface area contributed by atoms with Crippen molar-refractivity contribution in [2.45, 2.75) is 58.1 Å². The lowest BCUT2D eigenvalue weighted by Gasteiger charge is -2.21. The molecule has 1 fully saturated rings. The Bertz CT molecular complexity index is 775. The zero-order valence-electron chi connectivity index (χ0n) is 15.1. The number of rotatable bonds is 6. The maximum absolute atomic E-state index is 12.5. The van der Waals surface area contributed by atoms with Crippen LogP contribution < -0.4 is 10.6 Å². The number of pyridine rings is 1. The third kappa shape index (κ3) is 4.65. The first-order valence-corrected chi connectivity index (χ1v) is 9.78. The van der Waals surface area contributed by atoms with Gasteiger partial charge in [-0.1, -0.05) is 37.8 Å². The van der Waals surface area contributed by atoms with Crippen molar-refractivity contribution in [2.75, 3.05) is 10.6 Å². The van der Waals surface area contributed by atoms with Crippen molar-refractivity contribution in [3.63, 3.8) is 0 Å². The van der Waals surface area contributed by atoms with Gasteiger partial charge in [0.25, 0.3) is 0 Å². The number of aliphatic hydroxyl groups is 1. The SMILES string of the molecule is CCC(O)Nc1ccc2c(NC(=O)CC3CCCCC3)c(Cl)ccc2n1. The van der Waals surface area contributed by atoms with Gasteiger partial charge in [-0.05, 0) is 49.4 Å². The number of aliphatic hydroxyl groups excluding tert-OH is 1. The van der Waals surface area contributed by atoms with Crippen molar-refractivity contribution < 1.29 is 9.90 Å². The van der Waals surface area contributed by atoms with E-state index in [4.69, 9.17) is 11.6 Å². The lowest BCUT2D eigenvalue weighted by molar-refractivity contribution is -0.117. The monoisotopic (exact) mass is 375 g/mol. The van der Waals surface area contributed by atoms with Crippen molar-refractivity contribution in [2.24, 2.45) is 5.92 Å². The number of carbonyl (C=O) groups excluding carboxylic acids is 1. The van der Waals surface area contributed by atoms with Crippen molar-refractivity contribution in [1.29, 1.82) is 0 Å². The summed E-state index contributed by atoms with van der Waals surface area (Å²) in [6.07, 6.45) is 6.47. The van der Waals surface area contributed by atoms with Gasteiger partial charge in [0.2, 0.25) is 5.91 Å². The average molecular weight is 376 g/mol. The zero-order valence-corrected chi connectivity index (χ0v) is 15.9. The van der Waals surface area contributed by atoms with Gasteiger partial charge in [-0.15, -0.1) is 0 Å². The van der Waals surface area contributed by atoms with Crippen LogP contribution >= 0.6 is 11.6 Å². The highest BCUT2D eigenvalue weighted by Crippen LogP contribution is 2.32. The predicted molar refractivity (Wildman–Crippen MR) is 106 cm³/mol. The molecule has 0 spiro atoms. The number of amides is 1. The van der Waals surface area contributed by atoms with Crippen LogP contribution in [0.2, 0.25) is 5.02 Å². The van der Waals surface area contributed by atoms with Gasteiger partial charge in [-0.2, -0.15) is 0 Å². The molecule has 1 atom stereocenters. The van der Waals surface area contributed by atoms with Crippen LogP contribution in [0.5, 0.6) is 0 Å². The fourth-order valence-electron chi connectivity index (χ4n) is 3.50. The summed E-state index contributed by atoms with van der Waals surface area (Å²) in [6, 6.07) is 7.22. The van der Waals surface area contributed by atoms with Gasteiger partial charge in [-0.3, -0.25) is 4.79 Å². The highest BCUT2D eigenvalue weighted by atomic mass is 35.5. The molecule has 1 aliphatic rings. The van der Waals surface area contributed by atoms with Crippen molar-refractivity contribution in [3.8, 4) is 0 Å². The van der Waals surface area contributed by atoms with Crippen LogP contribution in [0.15, 0.2) is 24.3 Å². The van der Waals surface area contributed by atoms with Gasteiger partial charge < -0.3 is 15.7 Å². The van der Waals surface area contributed by atoms with Gasteiger partial charge >= 0.3 is 0 Å². The molecule has 0 saturated heterocycles. The molecule has 3 N–H and O–H groups in total. The summed E-state index contributed by atoms with van der Waals surface area (Å²) in [5.41, 5.74) is 1.33. The summed E-state index contributed by atoms with van der Waals surface area (Å²) < 4.78 is 0. The van der Waals surface area contributed by atoms with Gasteiger partial charge in [0.15, 0.2) is 0 Å². The summed E-state index contributed by atoms with van der Waals surface area (Å²) in [5.74, 6) is 1.07. The summed E-state index contributed by atoms with van der Waals surface area (Å²) >= 11 is 6.34. The Hall–Kier alpha value is -1.85. The summed E-state index contributed by atoms with van der Waals surface area (Å²) in [4.78, 5) is 17.0. The lowest BCUT2D eigenvalue weighted by Crippen LogP contribution is -2.19. The highest BCUT2D eigenvalue weighted by Gasteiger charge is 2.18. The molecule has 1 amide bonds. The van der Waals surface area contributed by atoms with Crippen molar-refractivity contribution >= 4 is 39.9 Å². The van der Waals surface area contributed by atoms with Crippen molar-refractivity contribution in [3.05, 3.63) is 29.3 Å². The number of nitrogens with zero attached hydrogens (tertiary/aromatic N) is 1. The third-order valence-electron chi connectivity index (χ3n) is 4.98. The van der Waals surface area contributed by atoms with Crippen LogP contribution in [0.25, 0.3) is 10.9 Å². The van der Waals surface area contributed by atoms with Crippen molar-refractivity contribution in [1.82, 2.24) is 4.98 Å². The molecule has 0 aliphatic heterocycles. The molecule has 2 aromatic rings. The summed E-state index contributed by atoms with van der Waals surface area (Å²) in [6.45, 7) is 1.89. The fraction of sp³-hybridized carbons (Fsp3) is 0.500. The average Bonchev–Trinajstić information content (AvgIpc) is 2.64. The number of benzene rings is 1. The summed E-state index contributed by atoms with van der Waals surface area (Å²) in [5, 5.41) is 17.0. The molecule has 0 bridgehead atoms. The zero-order chi connectivity index (χ0) is 18.5. The molecule has 6 heteroatoms. The Labute approximate surface area is 159 Å². The third-order valence-corrected chi connectivity index (χ3v) is 5.30. The molecule has 0 radical (unpaired) electrons. The predicted octanol–water partition coefficient (Wildman–Crippen LogP) is 4.94. The maximum Gasteiger partial charge on any atom is 0.224 e. The Balaban J connectivity index is 1.78. The number of carbonyl (C=O) groups is 1. The van der Waals surface area contributed by atoms with Crippen LogP contribution in [0.3, 0.4) is 0 Å². The second-order valence-corrected chi connectivity index (χ2v) is 7.42. The van der Waals surface area contributed by atoms with Crippen LogP contribution in [0.1, 0.15) is 51.9 Å². The minimum Gasteiger partial charge on any atom is -0.374 e. The number of anilines is 2. The smallest absolute Gasteiger partial charge is 0.224 e. The van der Waals surface area contributed by atoms with Crippen LogP contribution in [0, 0.1) is 5.92 Å². The number of fused-ring (bicyclic) bond motifs is 1. The highest BCUT2D eigenvalue weighted by molar-refractivity contribution is 6.35. The molecular weight excluding hydrogens is 350 g/mol. The molecule has 26 heavy (non-hydrogen) atoms. The quantitative estimate of drug-likeness (QED) is 0.625. The maximum atomic E-state index is 12.5. The van der Waals surface area contributed by atoms with E-state index in [2.05, 4.69) is 15.6 Å². The van der Waals surface area contributed by atoms with E-state index in [0.717, 1.165) is 23.7 Å². The minimum atomic E-state index is -0.637. The Morgan fingerprint density at radius 2 is 2.04 bits per heavy atom. The Kier molecular flexibility index (Phi) is 6.33. The van der Waals surface area contributed by atoms with E-state index in [1.165, 1.54) is 19.3 Å². The number of aromatic nitrogens is 1. The first-order valence-electron chi connectivity index (χ1n) is 9.40. The molecular formula is C20H26ClN3O2. The van der Waals surface area contributed by atoms with Crippen LogP contribution in [-0.2, 0) is 4.79 Å². The summed E-state index contributed by atoms with van der Waals surface area (Å²) in [7, 11) is 0. The topological polar surface area (TPSA) is 74.2 Å². The molecule has 1 aromatic heterocycles. The Morgan fingerprint density at radius 3 is 2.77 bits per heavy atom. The van der Waals surface area contributed by atoms with E-state index in [1.54, 1.807) is 12.1 Å². The Morgan fingerprint density at radius 1 is 1.27 bits per heavy atom. The second-order valence-electron chi connectivity index (χ2n) is 7.01. The normalized spacial score (nSPS) is 16.4. The van der Waals surface area contributed by atoms with Gasteiger partial charge in [0.05, 0.1) is 16.2 Å². The van der Waals surface area contributed by atoms with Gasteiger partial charge in [0.1, 0.15) is 12.0 Å². The fourth-order valence-corrected chi connectivity index (χ4v) is 3.71. The van der Waals surface area contributed by atoms with E-state index in [1.807, 2.05) is 19.1 Å². The number of hydrogen-bond donors (Lipinski definition) is 3. The first-order chi connectivity index (χ1) is 12.6. The van der Waals surface area contributed by atoms with E-state index in [-0.39, 0.29) is 5.91 Å². The molecule has 1 aliphatic carbocycles. The van der Waals surface area contributed by atoms with E-state index >= 15 is 0 Å². The van der Waals surface area contributed by atoms with E-state index in [0.29, 0.717) is 35.3 Å². The van der Waals surface area contributed by atoms with Gasteiger partial charge in [-0.25, -0.2) is 4.98 Å². The molecule has 1 unspecified atom stereocenters. The standard InChI is InChI=1S/C20H26ClN3O2/c1-2-18(25)23-17-11-8-14-16(22-17)10-9-15(21)20(14)24-19(26)12-13-6-4-3-5-7-13/h8-11,13,18,25H,2-7,12H2,1H3,(H,22,23)(H,24,26). The van der Waals surface area contributed by atoms with Crippen LogP contribution in [0.4, 0.5) is 11.5 Å². The molecule has 5 nitrogen and oxygen atoms in total. The molecule has 1 aromatic carbocycles. The second kappa shape index (κ2) is 8.69. The van der Waals surface area contributed by atoms with Gasteiger partial charge in [0, 0.05) is 11.8 Å². The molecule has 3 rings (SSSR count). The minimum absolute atomic E-state index is 0.00917. The molecule has 1 heterocycles. The number of hydrogen-bond acceptors (Lipinski definition) is 4. The van der Waals surface area contributed by atoms with Crippen LogP contribution in [-0.4, -0.2) is 22.2 Å². The number of halogens is 1. The molecule has 1 saturated carbocycles. The lowest BCUT2D eigenvalue weighted by atomic mass is 9.87.